The van der Waals surface area contributed by atoms with Crippen molar-refractivity contribution >= 4 is 8.56 Å². The molecule has 0 aliphatic rings. The summed E-state index contributed by atoms with van der Waals surface area (Å²) in [6, 6.07) is 0. The van der Waals surface area contributed by atoms with E-state index in [9.17, 15) is 0 Å². The van der Waals surface area contributed by atoms with Crippen LogP contribution in [0.4, 0.5) is 0 Å². The van der Waals surface area contributed by atoms with Crippen molar-refractivity contribution in [2.75, 3.05) is 19.8 Å². The number of ether oxygens (including phenoxy) is 1. The maximum Gasteiger partial charge on any atom is 0.364 e. The monoisotopic (exact) mass is 206 g/mol. The summed E-state index contributed by atoms with van der Waals surface area (Å²) in [6.45, 7) is 12.2. The molecule has 0 aromatic carbocycles. The molecule has 0 bridgehead atoms. The third-order valence-electron chi connectivity index (χ3n) is 2.02. The second kappa shape index (κ2) is 6.54. The van der Waals surface area contributed by atoms with Crippen LogP contribution in [0.5, 0.6) is 0 Å². The molecule has 1 atom stereocenters. The fraction of sp³-hybridized carbons (Fsp3) is 1.00. The van der Waals surface area contributed by atoms with Gasteiger partial charge in [-0.2, -0.15) is 0 Å². The molecular weight excluding hydrogens is 184 g/mol. The van der Waals surface area contributed by atoms with Crippen molar-refractivity contribution in [3.8, 4) is 0 Å². The van der Waals surface area contributed by atoms with Crippen molar-refractivity contribution in [2.45, 2.75) is 40.0 Å². The summed E-state index contributed by atoms with van der Waals surface area (Å²) in [5.74, 6) is 0. The van der Waals surface area contributed by atoms with Crippen LogP contribution in [0.25, 0.3) is 0 Å². The minimum Gasteiger partial charge on any atom is -0.393 e. The highest BCUT2D eigenvalue weighted by Crippen LogP contribution is 2.15. The molecule has 0 fully saturated rings. The molecule has 80 valence electrons. The van der Waals surface area contributed by atoms with E-state index in [1.807, 2.05) is 27.7 Å². The molecule has 13 heavy (non-hydrogen) atoms. The Hall–Kier alpha value is 0.0969. The molecule has 0 amide bonds. The van der Waals surface area contributed by atoms with Crippen LogP contribution in [0.15, 0.2) is 0 Å². The molecule has 0 heterocycles. The van der Waals surface area contributed by atoms with Crippen LogP contribution in [0.2, 0.25) is 6.55 Å². The Balaban J connectivity index is 4.18. The molecule has 4 heteroatoms. The molecule has 0 saturated carbocycles. The third-order valence-corrected chi connectivity index (χ3v) is 5.38. The van der Waals surface area contributed by atoms with Crippen LogP contribution in [0.1, 0.15) is 27.7 Å². The van der Waals surface area contributed by atoms with Crippen molar-refractivity contribution in [3.05, 3.63) is 0 Å². The van der Waals surface area contributed by atoms with Gasteiger partial charge in [0.2, 0.25) is 0 Å². The second-order valence-electron chi connectivity index (χ2n) is 2.98. The van der Waals surface area contributed by atoms with Crippen LogP contribution in [0, 0.1) is 0 Å². The molecule has 3 nitrogen and oxygen atoms in total. The lowest BCUT2D eigenvalue weighted by Crippen LogP contribution is -2.50. The van der Waals surface area contributed by atoms with Crippen molar-refractivity contribution in [1.82, 2.24) is 0 Å². The average Bonchev–Trinajstić information content (AvgIpc) is 2.05. The molecule has 0 N–H and O–H groups in total. The zero-order chi connectivity index (χ0) is 10.3. The van der Waals surface area contributed by atoms with E-state index in [2.05, 4.69) is 6.55 Å². The number of hydrogen-bond donors (Lipinski definition) is 0. The Morgan fingerprint density at radius 2 is 1.46 bits per heavy atom. The van der Waals surface area contributed by atoms with Gasteiger partial charge >= 0.3 is 8.56 Å². The topological polar surface area (TPSA) is 27.7 Å². The van der Waals surface area contributed by atoms with Crippen LogP contribution in [-0.4, -0.2) is 34.1 Å². The lowest BCUT2D eigenvalue weighted by Gasteiger charge is -2.31. The van der Waals surface area contributed by atoms with E-state index in [0.29, 0.717) is 19.8 Å². The summed E-state index contributed by atoms with van der Waals surface area (Å²) in [5, 5.41) is 0. The second-order valence-corrected chi connectivity index (χ2v) is 6.40. The van der Waals surface area contributed by atoms with Gasteiger partial charge in [-0.25, -0.2) is 0 Å². The maximum atomic E-state index is 5.68. The summed E-state index contributed by atoms with van der Waals surface area (Å²) >= 11 is 0. The standard InChI is InChI=1S/C9H22O3Si/c1-6-10-9(4)13(5,11-7-2)12-8-3/h9H,6-8H2,1-5H3. The zero-order valence-corrected chi connectivity index (χ0v) is 10.4. The maximum absolute atomic E-state index is 5.68. The van der Waals surface area contributed by atoms with Gasteiger partial charge in [0.05, 0.1) is 5.73 Å². The molecule has 0 aromatic heterocycles. The predicted molar refractivity (Wildman–Crippen MR) is 56.0 cm³/mol. The number of hydrogen-bond acceptors (Lipinski definition) is 3. The summed E-state index contributed by atoms with van der Waals surface area (Å²) in [6.07, 6.45) is 0. The molecular formula is C9H22O3Si. The van der Waals surface area contributed by atoms with Crippen molar-refractivity contribution in [1.29, 1.82) is 0 Å². The van der Waals surface area contributed by atoms with E-state index >= 15 is 0 Å². The van der Waals surface area contributed by atoms with Crippen LogP contribution >= 0.6 is 0 Å². The van der Waals surface area contributed by atoms with Crippen LogP contribution in [0.3, 0.4) is 0 Å². The van der Waals surface area contributed by atoms with Gasteiger partial charge in [-0.15, -0.1) is 0 Å². The van der Waals surface area contributed by atoms with E-state index in [0.717, 1.165) is 0 Å². The Labute approximate surface area is 82.6 Å². The first-order chi connectivity index (χ1) is 6.10. The Morgan fingerprint density at radius 3 is 1.77 bits per heavy atom. The van der Waals surface area contributed by atoms with E-state index < -0.39 is 8.56 Å². The van der Waals surface area contributed by atoms with Gasteiger partial charge in [0.15, 0.2) is 0 Å². The average molecular weight is 206 g/mol. The molecule has 0 rings (SSSR count). The zero-order valence-electron chi connectivity index (χ0n) is 9.42. The van der Waals surface area contributed by atoms with Gasteiger partial charge in [0.25, 0.3) is 0 Å². The molecule has 0 aromatic rings. The van der Waals surface area contributed by atoms with Gasteiger partial charge in [-0.05, 0) is 34.2 Å². The van der Waals surface area contributed by atoms with Gasteiger partial charge in [-0.3, -0.25) is 0 Å². The van der Waals surface area contributed by atoms with Crippen molar-refractivity contribution in [3.63, 3.8) is 0 Å². The summed E-state index contributed by atoms with van der Waals surface area (Å²) in [4.78, 5) is 0. The lowest BCUT2D eigenvalue weighted by atomic mass is 10.8. The Morgan fingerprint density at radius 1 is 1.00 bits per heavy atom. The first-order valence-electron chi connectivity index (χ1n) is 5.00. The Bertz CT molecular complexity index is 124. The van der Waals surface area contributed by atoms with Crippen LogP contribution < -0.4 is 0 Å². The van der Waals surface area contributed by atoms with Crippen LogP contribution in [-0.2, 0) is 13.6 Å². The van der Waals surface area contributed by atoms with E-state index in [1.54, 1.807) is 0 Å². The molecule has 0 spiro atoms. The third kappa shape index (κ3) is 4.22. The molecule has 0 aliphatic carbocycles. The summed E-state index contributed by atoms with van der Waals surface area (Å²) in [7, 11) is -2.10. The largest absolute Gasteiger partial charge is 0.393 e. The first-order valence-corrected chi connectivity index (χ1v) is 7.39. The smallest absolute Gasteiger partial charge is 0.364 e. The fourth-order valence-corrected chi connectivity index (χ4v) is 3.42. The molecule has 0 aliphatic heterocycles. The molecule has 0 radical (unpaired) electrons. The van der Waals surface area contributed by atoms with Gasteiger partial charge in [0, 0.05) is 19.8 Å². The Kier molecular flexibility index (Phi) is 6.58. The minimum absolute atomic E-state index is 0.0948. The predicted octanol–water partition coefficient (Wildman–Crippen LogP) is 2.10. The molecule has 1 unspecified atom stereocenters. The summed E-state index contributed by atoms with van der Waals surface area (Å²) < 4.78 is 16.9. The quantitative estimate of drug-likeness (QED) is 0.597. The summed E-state index contributed by atoms with van der Waals surface area (Å²) in [5.41, 5.74) is 0.0948. The lowest BCUT2D eigenvalue weighted by molar-refractivity contribution is 0.0656. The van der Waals surface area contributed by atoms with E-state index in [4.69, 9.17) is 13.6 Å². The highest BCUT2D eigenvalue weighted by molar-refractivity contribution is 6.67. The highest BCUT2D eigenvalue weighted by atomic mass is 28.4. The van der Waals surface area contributed by atoms with Crippen molar-refractivity contribution in [2.24, 2.45) is 0 Å². The fourth-order valence-electron chi connectivity index (χ4n) is 1.25. The van der Waals surface area contributed by atoms with Crippen molar-refractivity contribution < 1.29 is 13.6 Å². The van der Waals surface area contributed by atoms with E-state index in [1.165, 1.54) is 0 Å². The van der Waals surface area contributed by atoms with E-state index in [-0.39, 0.29) is 5.73 Å². The van der Waals surface area contributed by atoms with Gasteiger partial charge < -0.3 is 13.6 Å². The van der Waals surface area contributed by atoms with Gasteiger partial charge in [-0.1, -0.05) is 0 Å². The first kappa shape index (κ1) is 13.1. The molecule has 0 saturated heterocycles. The highest BCUT2D eigenvalue weighted by Gasteiger charge is 2.38. The SMILES string of the molecule is CCOC(C)[Si](C)(OCC)OCC. The normalized spacial score (nSPS) is 14.5. The minimum atomic E-state index is -2.10. The number of rotatable bonds is 7. The van der Waals surface area contributed by atoms with Gasteiger partial charge in [0.1, 0.15) is 0 Å².